The summed E-state index contributed by atoms with van der Waals surface area (Å²) in [6.07, 6.45) is -0.192. The fourth-order valence-corrected chi connectivity index (χ4v) is 2.59. The molecule has 2 unspecified atom stereocenters. The predicted molar refractivity (Wildman–Crippen MR) is 88.1 cm³/mol. The highest BCUT2D eigenvalue weighted by molar-refractivity contribution is 5.91. The number of ketones is 1. The third-order valence-electron chi connectivity index (χ3n) is 3.80. The molecule has 1 heterocycles. The summed E-state index contributed by atoms with van der Waals surface area (Å²) in [4.78, 5) is 17.9. The van der Waals surface area contributed by atoms with Crippen molar-refractivity contribution in [2.45, 2.75) is 25.4 Å². The highest BCUT2D eigenvalue weighted by Crippen LogP contribution is 2.32. The van der Waals surface area contributed by atoms with Gasteiger partial charge >= 0.3 is 0 Å². The number of hydrogen-bond acceptors (Lipinski definition) is 4. The summed E-state index contributed by atoms with van der Waals surface area (Å²) < 4.78 is 0. The fraction of sp³-hybridized carbons (Fsp3) is 0.235. The SMILES string of the molecule is Cc1ccc(CC2C(=O)C(N)NOc3ccccc32)cc1.Cl. The number of aryl methyl sites for hydroxylation is 1. The van der Waals surface area contributed by atoms with Crippen LogP contribution in [0.3, 0.4) is 0 Å². The van der Waals surface area contributed by atoms with E-state index in [1.165, 1.54) is 5.56 Å². The van der Waals surface area contributed by atoms with Crippen LogP contribution < -0.4 is 16.1 Å². The van der Waals surface area contributed by atoms with Crippen molar-refractivity contribution in [3.8, 4) is 5.75 Å². The van der Waals surface area contributed by atoms with Crippen LogP contribution in [0.4, 0.5) is 0 Å². The van der Waals surface area contributed by atoms with E-state index in [0.29, 0.717) is 12.2 Å². The van der Waals surface area contributed by atoms with Crippen LogP contribution in [0.25, 0.3) is 0 Å². The van der Waals surface area contributed by atoms with Gasteiger partial charge in [0.15, 0.2) is 11.5 Å². The number of rotatable bonds is 2. The van der Waals surface area contributed by atoms with Gasteiger partial charge in [0.05, 0.1) is 5.92 Å². The van der Waals surface area contributed by atoms with Crippen molar-refractivity contribution >= 4 is 18.2 Å². The zero-order valence-corrected chi connectivity index (χ0v) is 13.1. The maximum atomic E-state index is 12.5. The van der Waals surface area contributed by atoms with E-state index in [0.717, 1.165) is 11.1 Å². The first-order valence-corrected chi connectivity index (χ1v) is 7.01. The van der Waals surface area contributed by atoms with E-state index in [-0.39, 0.29) is 24.1 Å². The molecule has 0 spiro atoms. The van der Waals surface area contributed by atoms with Gasteiger partial charge in [-0.25, -0.2) is 0 Å². The number of nitrogens with one attached hydrogen (secondary N) is 1. The van der Waals surface area contributed by atoms with Gasteiger partial charge in [-0.2, -0.15) is 0 Å². The van der Waals surface area contributed by atoms with Gasteiger partial charge in [-0.15, -0.1) is 17.9 Å². The molecule has 0 bridgehead atoms. The maximum absolute atomic E-state index is 12.5. The number of carbonyl (C=O) groups is 1. The van der Waals surface area contributed by atoms with Gasteiger partial charge in [0.25, 0.3) is 0 Å². The van der Waals surface area contributed by atoms with Crippen LogP contribution in [0.1, 0.15) is 22.6 Å². The zero-order valence-electron chi connectivity index (χ0n) is 12.3. The number of Topliss-reactive ketones (excluding diaryl/α,β-unsaturated/α-hetero) is 1. The Kier molecular flexibility index (Phi) is 5.19. The van der Waals surface area contributed by atoms with Crippen LogP contribution in [0, 0.1) is 6.92 Å². The number of nitrogens with two attached hydrogens (primary N) is 1. The fourth-order valence-electron chi connectivity index (χ4n) is 2.59. The van der Waals surface area contributed by atoms with Crippen LogP contribution in [-0.2, 0) is 11.2 Å². The first-order valence-electron chi connectivity index (χ1n) is 7.01. The molecule has 0 fully saturated rings. The minimum atomic E-state index is -0.812. The lowest BCUT2D eigenvalue weighted by Gasteiger charge is -2.16. The van der Waals surface area contributed by atoms with Crippen LogP contribution >= 0.6 is 12.4 Å². The van der Waals surface area contributed by atoms with Gasteiger partial charge in [-0.1, -0.05) is 48.0 Å². The minimum Gasteiger partial charge on any atom is -0.406 e. The normalized spacial score (nSPS) is 20.4. The quantitative estimate of drug-likeness (QED) is 0.893. The van der Waals surface area contributed by atoms with E-state index in [4.69, 9.17) is 10.6 Å². The number of carbonyl (C=O) groups excluding carboxylic acids is 1. The van der Waals surface area contributed by atoms with Crippen molar-refractivity contribution in [1.82, 2.24) is 5.48 Å². The van der Waals surface area contributed by atoms with Crippen LogP contribution in [0.15, 0.2) is 48.5 Å². The summed E-state index contributed by atoms with van der Waals surface area (Å²) >= 11 is 0. The third-order valence-corrected chi connectivity index (χ3v) is 3.80. The monoisotopic (exact) mass is 318 g/mol. The van der Waals surface area contributed by atoms with Gasteiger partial charge in [-0.3, -0.25) is 4.79 Å². The minimum absolute atomic E-state index is 0. The molecule has 0 aliphatic carbocycles. The number of hydrogen-bond donors (Lipinski definition) is 2. The van der Waals surface area contributed by atoms with Crippen molar-refractivity contribution < 1.29 is 9.63 Å². The molecule has 0 saturated carbocycles. The van der Waals surface area contributed by atoms with Gasteiger partial charge in [0.2, 0.25) is 0 Å². The Labute approximate surface area is 136 Å². The molecule has 4 nitrogen and oxygen atoms in total. The highest BCUT2D eigenvalue weighted by atomic mass is 35.5. The second-order valence-corrected chi connectivity index (χ2v) is 5.38. The largest absolute Gasteiger partial charge is 0.406 e. The Balaban J connectivity index is 0.00000176. The summed E-state index contributed by atoms with van der Waals surface area (Å²) in [6.45, 7) is 2.05. The molecule has 1 aliphatic rings. The standard InChI is InChI=1S/C17H18N2O2.ClH/c1-11-6-8-12(9-7-11)10-14-13-4-2-3-5-15(13)21-19-17(18)16(14)20;/h2-9,14,17,19H,10,18H2,1H3;1H. The van der Waals surface area contributed by atoms with E-state index >= 15 is 0 Å². The van der Waals surface area contributed by atoms with Crippen molar-refractivity contribution in [2.24, 2.45) is 5.73 Å². The molecule has 0 aromatic heterocycles. The average Bonchev–Trinajstić information content (AvgIpc) is 2.62. The molecule has 5 heteroatoms. The summed E-state index contributed by atoms with van der Waals surface area (Å²) in [5, 5.41) is 0. The number of para-hydroxylation sites is 1. The van der Waals surface area contributed by atoms with E-state index in [1.807, 2.05) is 31.2 Å². The van der Waals surface area contributed by atoms with E-state index < -0.39 is 6.17 Å². The molecule has 2 aromatic rings. The van der Waals surface area contributed by atoms with Crippen molar-refractivity contribution in [3.05, 3.63) is 65.2 Å². The van der Waals surface area contributed by atoms with Gasteiger partial charge in [0, 0.05) is 5.56 Å². The summed E-state index contributed by atoms with van der Waals surface area (Å²) in [6, 6.07) is 15.8. The summed E-state index contributed by atoms with van der Waals surface area (Å²) in [5.74, 6) is 0.311. The Hall–Kier alpha value is -1.88. The molecule has 1 aliphatic heterocycles. The molecular weight excluding hydrogens is 300 g/mol. The lowest BCUT2D eigenvalue weighted by atomic mass is 9.87. The zero-order chi connectivity index (χ0) is 14.8. The van der Waals surface area contributed by atoms with Crippen molar-refractivity contribution in [2.75, 3.05) is 0 Å². The van der Waals surface area contributed by atoms with Gasteiger partial charge in [0.1, 0.15) is 6.17 Å². The van der Waals surface area contributed by atoms with Crippen LogP contribution in [-0.4, -0.2) is 11.9 Å². The second kappa shape index (κ2) is 6.92. The average molecular weight is 319 g/mol. The molecule has 2 aromatic carbocycles. The predicted octanol–water partition coefficient (Wildman–Crippen LogP) is 2.49. The molecule has 3 N–H and O–H groups in total. The first kappa shape index (κ1) is 16.5. The Bertz CT molecular complexity index is 658. The number of hydroxylamine groups is 1. The summed E-state index contributed by atoms with van der Waals surface area (Å²) in [7, 11) is 0. The van der Waals surface area contributed by atoms with E-state index in [9.17, 15) is 4.79 Å². The molecule has 0 saturated heterocycles. The molecule has 2 atom stereocenters. The van der Waals surface area contributed by atoms with Crippen molar-refractivity contribution in [3.63, 3.8) is 0 Å². The second-order valence-electron chi connectivity index (χ2n) is 5.38. The molecule has 0 radical (unpaired) electrons. The smallest absolute Gasteiger partial charge is 0.175 e. The van der Waals surface area contributed by atoms with Gasteiger partial charge < -0.3 is 10.6 Å². The van der Waals surface area contributed by atoms with Crippen LogP contribution in [0.2, 0.25) is 0 Å². The molecular formula is C17H19ClN2O2. The number of halogens is 1. The topological polar surface area (TPSA) is 64.4 Å². The lowest BCUT2D eigenvalue weighted by molar-refractivity contribution is -0.123. The molecule has 3 rings (SSSR count). The molecule has 116 valence electrons. The number of benzene rings is 2. The van der Waals surface area contributed by atoms with E-state index in [2.05, 4.69) is 29.7 Å². The molecule has 22 heavy (non-hydrogen) atoms. The van der Waals surface area contributed by atoms with E-state index in [1.54, 1.807) is 0 Å². The van der Waals surface area contributed by atoms with Crippen molar-refractivity contribution in [1.29, 1.82) is 0 Å². The Morgan fingerprint density at radius 2 is 1.82 bits per heavy atom. The third kappa shape index (κ3) is 3.30. The summed E-state index contributed by atoms with van der Waals surface area (Å²) in [5.41, 5.74) is 11.6. The Morgan fingerprint density at radius 1 is 1.14 bits per heavy atom. The molecule has 0 amide bonds. The number of fused-ring (bicyclic) bond motifs is 1. The highest BCUT2D eigenvalue weighted by Gasteiger charge is 2.31. The lowest BCUT2D eigenvalue weighted by Crippen LogP contribution is -2.46. The van der Waals surface area contributed by atoms with Gasteiger partial charge in [-0.05, 0) is 25.0 Å². The Morgan fingerprint density at radius 3 is 2.55 bits per heavy atom. The van der Waals surface area contributed by atoms with Crippen LogP contribution in [0.5, 0.6) is 5.75 Å². The maximum Gasteiger partial charge on any atom is 0.175 e. The first-order chi connectivity index (χ1) is 10.1.